The van der Waals surface area contributed by atoms with Crippen molar-refractivity contribution in [3.63, 3.8) is 0 Å². The molecule has 18 heavy (non-hydrogen) atoms. The van der Waals surface area contributed by atoms with Crippen molar-refractivity contribution in [3.05, 3.63) is 17.0 Å². The first kappa shape index (κ1) is 14.3. The Bertz CT molecular complexity index is 492. The second kappa shape index (κ2) is 5.90. The minimum Gasteiger partial charge on any atom is -0.247 e. The lowest BCUT2D eigenvalue weighted by Gasteiger charge is -2.24. The van der Waals surface area contributed by atoms with Crippen molar-refractivity contribution in [2.45, 2.75) is 47.9 Å². The number of hydrogen-bond acceptors (Lipinski definition) is 4. The van der Waals surface area contributed by atoms with Crippen molar-refractivity contribution in [1.82, 2.24) is 4.72 Å². The molecular weight excluding hydrogens is 293 g/mol. The van der Waals surface area contributed by atoms with E-state index in [1.165, 1.54) is 11.3 Å². The molecule has 0 amide bonds. The number of sulfonamides is 1. The second-order valence-electron chi connectivity index (χ2n) is 4.48. The molecule has 0 radical (unpaired) electrons. The summed E-state index contributed by atoms with van der Waals surface area (Å²) in [6.07, 6.45) is 0.703. The van der Waals surface area contributed by atoms with E-state index in [0.717, 1.165) is 9.09 Å². The maximum Gasteiger partial charge on any atom is 0.214 e. The fourth-order valence-corrected chi connectivity index (χ4v) is 4.77. The lowest BCUT2D eigenvalue weighted by atomic mass is 9.99. The minimum atomic E-state index is -3.33. The molecule has 7 heteroatoms. The van der Waals surface area contributed by atoms with Crippen LogP contribution in [0.25, 0.3) is 0 Å². The van der Waals surface area contributed by atoms with Gasteiger partial charge in [0.15, 0.2) is 0 Å². The zero-order valence-electron chi connectivity index (χ0n) is 9.80. The van der Waals surface area contributed by atoms with Gasteiger partial charge in [-0.05, 0) is 37.8 Å². The van der Waals surface area contributed by atoms with Crippen LogP contribution in [0.3, 0.4) is 0 Å². The van der Waals surface area contributed by atoms with E-state index in [2.05, 4.69) is 17.4 Å². The molecule has 0 aliphatic heterocycles. The fourth-order valence-electron chi connectivity index (χ4n) is 2.08. The van der Waals surface area contributed by atoms with E-state index in [0.29, 0.717) is 32.2 Å². The van der Waals surface area contributed by atoms with Gasteiger partial charge in [0.05, 0.1) is 9.46 Å². The fraction of sp³-hybridized carbons (Fsp3) is 0.636. The van der Waals surface area contributed by atoms with Gasteiger partial charge in [0, 0.05) is 11.4 Å². The summed E-state index contributed by atoms with van der Waals surface area (Å²) < 4.78 is 40.5. The van der Waals surface area contributed by atoms with Gasteiger partial charge in [-0.15, -0.1) is 24.0 Å². The molecule has 2 rings (SSSR count). The van der Waals surface area contributed by atoms with Crippen LogP contribution in [0.1, 0.15) is 30.6 Å². The van der Waals surface area contributed by atoms with Crippen LogP contribution in [-0.2, 0) is 16.6 Å². The Labute approximate surface area is 116 Å². The Kier molecular flexibility index (Phi) is 4.69. The number of hydrogen-bond donors (Lipinski definition) is 2. The van der Waals surface area contributed by atoms with Gasteiger partial charge in [-0.25, -0.2) is 17.5 Å². The number of nitrogens with one attached hydrogen (secondary N) is 1. The Morgan fingerprint density at radius 3 is 2.56 bits per heavy atom. The number of halogens is 1. The third-order valence-electron chi connectivity index (χ3n) is 3.14. The molecule has 0 bridgehead atoms. The lowest BCUT2D eigenvalue weighted by Crippen LogP contribution is -2.36. The summed E-state index contributed by atoms with van der Waals surface area (Å²) in [5, 5.41) is -0.445. The molecule has 1 saturated carbocycles. The predicted molar refractivity (Wildman–Crippen MR) is 74.5 cm³/mol. The van der Waals surface area contributed by atoms with Gasteiger partial charge in [0.25, 0.3) is 0 Å². The van der Waals surface area contributed by atoms with Crippen LogP contribution < -0.4 is 4.72 Å². The topological polar surface area (TPSA) is 46.2 Å². The normalized spacial score (nSPS) is 25.2. The molecule has 1 aromatic rings. The standard InChI is InChI=1S/C11H16FNO2S3/c12-8-1-4-10(5-2-8)18(14,15)13-7-9-3-6-11(16)17-9/h3,6,8,10,13,16H,1-2,4-5,7H2. The molecule has 1 fully saturated rings. The van der Waals surface area contributed by atoms with E-state index in [-0.39, 0.29) is 0 Å². The molecule has 1 N–H and O–H groups in total. The first-order valence-corrected chi connectivity index (χ1v) is 8.68. The molecule has 0 atom stereocenters. The van der Waals surface area contributed by atoms with Crippen LogP contribution in [0.4, 0.5) is 4.39 Å². The molecule has 1 heterocycles. The smallest absolute Gasteiger partial charge is 0.214 e. The van der Waals surface area contributed by atoms with Gasteiger partial charge in [0.1, 0.15) is 6.17 Å². The molecular formula is C11H16FNO2S3. The maximum atomic E-state index is 13.0. The Hall–Kier alpha value is -0.110. The Morgan fingerprint density at radius 2 is 2.00 bits per heavy atom. The summed E-state index contributed by atoms with van der Waals surface area (Å²) in [4.78, 5) is 0.933. The van der Waals surface area contributed by atoms with Crippen LogP contribution in [0.15, 0.2) is 16.3 Å². The molecule has 0 saturated heterocycles. The lowest BCUT2D eigenvalue weighted by molar-refractivity contribution is 0.251. The van der Waals surface area contributed by atoms with Crippen LogP contribution in [-0.4, -0.2) is 19.8 Å². The van der Waals surface area contributed by atoms with Gasteiger partial charge >= 0.3 is 0 Å². The third-order valence-corrected chi connectivity index (χ3v) is 6.34. The van der Waals surface area contributed by atoms with E-state index in [9.17, 15) is 12.8 Å². The highest BCUT2D eigenvalue weighted by molar-refractivity contribution is 7.90. The second-order valence-corrected chi connectivity index (χ2v) is 8.48. The van der Waals surface area contributed by atoms with Crippen molar-refractivity contribution in [1.29, 1.82) is 0 Å². The summed E-state index contributed by atoms with van der Waals surface area (Å²) in [5.74, 6) is 0. The SMILES string of the molecule is O=S(=O)(NCc1ccc(S)s1)C1CCC(F)CC1. The number of alkyl halides is 1. The van der Waals surface area contributed by atoms with E-state index < -0.39 is 21.4 Å². The molecule has 102 valence electrons. The third kappa shape index (κ3) is 3.69. The summed E-state index contributed by atoms with van der Waals surface area (Å²) in [7, 11) is -3.33. The molecule has 1 aliphatic carbocycles. The van der Waals surface area contributed by atoms with E-state index >= 15 is 0 Å². The first-order valence-electron chi connectivity index (χ1n) is 5.87. The highest BCUT2D eigenvalue weighted by Crippen LogP contribution is 2.26. The average molecular weight is 309 g/mol. The highest BCUT2D eigenvalue weighted by Gasteiger charge is 2.30. The van der Waals surface area contributed by atoms with Crippen LogP contribution in [0, 0.1) is 0 Å². The quantitative estimate of drug-likeness (QED) is 0.840. The summed E-state index contributed by atoms with van der Waals surface area (Å²) >= 11 is 5.63. The molecule has 1 aliphatic rings. The predicted octanol–water partition coefficient (Wildman–Crippen LogP) is 2.74. The maximum absolute atomic E-state index is 13.0. The minimum absolute atomic E-state index is 0.295. The molecule has 0 aromatic carbocycles. The van der Waals surface area contributed by atoms with E-state index in [4.69, 9.17) is 0 Å². The van der Waals surface area contributed by atoms with E-state index in [1.54, 1.807) is 0 Å². The van der Waals surface area contributed by atoms with Gasteiger partial charge in [-0.3, -0.25) is 0 Å². The van der Waals surface area contributed by atoms with Crippen molar-refractivity contribution in [2.75, 3.05) is 0 Å². The number of thiol groups is 1. The van der Waals surface area contributed by atoms with Crippen molar-refractivity contribution < 1.29 is 12.8 Å². The van der Waals surface area contributed by atoms with Crippen molar-refractivity contribution in [3.8, 4) is 0 Å². The zero-order chi connectivity index (χ0) is 13.2. The first-order chi connectivity index (χ1) is 8.47. The number of thiophene rings is 1. The molecule has 0 spiro atoms. The monoisotopic (exact) mass is 309 g/mol. The Balaban J connectivity index is 1.91. The zero-order valence-corrected chi connectivity index (χ0v) is 12.3. The van der Waals surface area contributed by atoms with E-state index in [1.807, 2.05) is 12.1 Å². The summed E-state index contributed by atoms with van der Waals surface area (Å²) in [5.41, 5.74) is 0. The van der Waals surface area contributed by atoms with Crippen molar-refractivity contribution in [2.24, 2.45) is 0 Å². The highest BCUT2D eigenvalue weighted by atomic mass is 32.2. The summed E-state index contributed by atoms with van der Waals surface area (Å²) in [6.45, 7) is 0.295. The van der Waals surface area contributed by atoms with Gasteiger partial charge in [-0.1, -0.05) is 0 Å². The van der Waals surface area contributed by atoms with Gasteiger partial charge in [0.2, 0.25) is 10.0 Å². The largest absolute Gasteiger partial charge is 0.247 e. The number of rotatable bonds is 4. The van der Waals surface area contributed by atoms with Crippen LogP contribution in [0.2, 0.25) is 0 Å². The van der Waals surface area contributed by atoms with Gasteiger partial charge < -0.3 is 0 Å². The Morgan fingerprint density at radius 1 is 1.33 bits per heavy atom. The molecule has 1 aromatic heterocycles. The summed E-state index contributed by atoms with van der Waals surface area (Å²) in [6, 6.07) is 3.69. The average Bonchev–Trinajstić information content (AvgIpc) is 2.73. The molecule has 3 nitrogen and oxygen atoms in total. The molecule has 0 unspecified atom stereocenters. The van der Waals surface area contributed by atoms with Crippen molar-refractivity contribution >= 4 is 34.0 Å². The van der Waals surface area contributed by atoms with Crippen LogP contribution in [0.5, 0.6) is 0 Å². The van der Waals surface area contributed by atoms with Crippen LogP contribution >= 0.6 is 24.0 Å². The van der Waals surface area contributed by atoms with Gasteiger partial charge in [-0.2, -0.15) is 0 Å².